The molecule has 0 N–H and O–H groups in total. The Morgan fingerprint density at radius 1 is 1.13 bits per heavy atom. The molecular weight excluding hydrogens is 420 g/mol. The molecule has 2 fully saturated rings. The van der Waals surface area contributed by atoms with Crippen molar-refractivity contribution in [3.05, 3.63) is 36.2 Å². The number of carbonyl (C=O) groups is 1. The van der Waals surface area contributed by atoms with Crippen LogP contribution in [0.3, 0.4) is 0 Å². The van der Waals surface area contributed by atoms with Gasteiger partial charge in [-0.15, -0.1) is 10.2 Å². The van der Waals surface area contributed by atoms with Crippen LogP contribution in [0.25, 0.3) is 0 Å². The van der Waals surface area contributed by atoms with Gasteiger partial charge in [-0.1, -0.05) is 49.2 Å². The highest BCUT2D eigenvalue weighted by atomic mass is 32.2. The second kappa shape index (κ2) is 9.09. The Hall–Kier alpha value is -1.87. The van der Waals surface area contributed by atoms with E-state index in [2.05, 4.69) is 14.8 Å². The summed E-state index contributed by atoms with van der Waals surface area (Å²) in [6.07, 6.45) is 6.42. The fourth-order valence-corrected chi connectivity index (χ4v) is 7.14. The molecule has 1 amide bonds. The zero-order valence-electron chi connectivity index (χ0n) is 17.2. The Kier molecular flexibility index (Phi) is 6.48. The van der Waals surface area contributed by atoms with Gasteiger partial charge in [-0.05, 0) is 38.3 Å². The molecule has 162 valence electrons. The predicted molar refractivity (Wildman–Crippen MR) is 119 cm³/mol. The van der Waals surface area contributed by atoms with Crippen molar-refractivity contribution in [2.45, 2.75) is 62.7 Å². The van der Waals surface area contributed by atoms with E-state index in [1.54, 1.807) is 4.90 Å². The van der Waals surface area contributed by atoms with Gasteiger partial charge >= 0.3 is 0 Å². The van der Waals surface area contributed by atoms with Crippen molar-refractivity contribution >= 4 is 33.2 Å². The highest BCUT2D eigenvalue weighted by Gasteiger charge is 2.35. The smallest absolute Gasteiger partial charge is 0.237 e. The molecule has 9 heteroatoms. The number of sulfone groups is 1. The average Bonchev–Trinajstić information content (AvgIpc) is 3.29. The Bertz CT molecular complexity index is 985. The SMILES string of the molecule is Cc1nnc(SCC(=O)N(c2ccccc2)C2CCS(=O)(=O)C2)n1C1CCCCC1. The standard InChI is InChI=1S/C21H28N4O3S2/c1-16-22-23-21(24(16)17-8-4-2-5-9-17)29-14-20(26)25(18-10-6-3-7-11-18)19-12-13-30(27,28)15-19/h3,6-7,10-11,17,19H,2,4-5,8-9,12-15H2,1H3. The number of aromatic nitrogens is 3. The van der Waals surface area contributed by atoms with E-state index < -0.39 is 9.84 Å². The summed E-state index contributed by atoms with van der Waals surface area (Å²) in [6, 6.07) is 9.44. The van der Waals surface area contributed by atoms with Gasteiger partial charge in [0.25, 0.3) is 0 Å². The molecule has 2 aliphatic rings. The maximum absolute atomic E-state index is 13.3. The van der Waals surface area contributed by atoms with Gasteiger partial charge in [0.05, 0.1) is 23.3 Å². The molecule has 1 unspecified atom stereocenters. The normalized spacial score (nSPS) is 21.6. The van der Waals surface area contributed by atoms with Gasteiger partial charge in [0.15, 0.2) is 15.0 Å². The number of hydrogen-bond acceptors (Lipinski definition) is 6. The van der Waals surface area contributed by atoms with E-state index in [1.807, 2.05) is 37.3 Å². The molecule has 1 saturated heterocycles. The van der Waals surface area contributed by atoms with Crippen molar-refractivity contribution in [3.8, 4) is 0 Å². The lowest BCUT2D eigenvalue weighted by molar-refractivity contribution is -0.116. The molecule has 1 saturated carbocycles. The third-order valence-electron chi connectivity index (χ3n) is 5.98. The average molecular weight is 449 g/mol. The molecule has 2 aromatic rings. The van der Waals surface area contributed by atoms with E-state index in [4.69, 9.17) is 0 Å². The topological polar surface area (TPSA) is 85.2 Å². The van der Waals surface area contributed by atoms with Crippen molar-refractivity contribution in [1.82, 2.24) is 14.8 Å². The largest absolute Gasteiger partial charge is 0.308 e. The Morgan fingerprint density at radius 3 is 2.53 bits per heavy atom. The highest BCUT2D eigenvalue weighted by molar-refractivity contribution is 7.99. The van der Waals surface area contributed by atoms with Gasteiger partial charge in [-0.3, -0.25) is 4.79 Å². The fourth-order valence-electron chi connectivity index (χ4n) is 4.53. The maximum Gasteiger partial charge on any atom is 0.237 e. The van der Waals surface area contributed by atoms with Gasteiger partial charge in [-0.25, -0.2) is 8.42 Å². The molecular formula is C21H28N4O3S2. The lowest BCUT2D eigenvalue weighted by Gasteiger charge is -2.28. The zero-order chi connectivity index (χ0) is 21.1. The van der Waals surface area contributed by atoms with Gasteiger partial charge in [-0.2, -0.15) is 0 Å². The minimum Gasteiger partial charge on any atom is -0.308 e. The molecule has 1 aliphatic heterocycles. The van der Waals surface area contributed by atoms with Crippen LogP contribution in [0.5, 0.6) is 0 Å². The van der Waals surface area contributed by atoms with Crippen molar-refractivity contribution in [1.29, 1.82) is 0 Å². The van der Waals surface area contributed by atoms with Gasteiger partial charge in [0.2, 0.25) is 5.91 Å². The minimum absolute atomic E-state index is 0.0235. The molecule has 7 nitrogen and oxygen atoms in total. The first-order valence-corrected chi connectivity index (χ1v) is 13.4. The van der Waals surface area contributed by atoms with Crippen LogP contribution in [0.1, 0.15) is 50.4 Å². The van der Waals surface area contributed by atoms with E-state index in [1.165, 1.54) is 31.0 Å². The second-order valence-electron chi connectivity index (χ2n) is 8.14. The number of nitrogens with zero attached hydrogens (tertiary/aromatic N) is 4. The third kappa shape index (κ3) is 4.72. The van der Waals surface area contributed by atoms with E-state index in [9.17, 15) is 13.2 Å². The van der Waals surface area contributed by atoms with E-state index in [0.717, 1.165) is 29.5 Å². The number of carbonyl (C=O) groups excluding carboxylic acids is 1. The summed E-state index contributed by atoms with van der Waals surface area (Å²) in [4.78, 5) is 14.9. The number of anilines is 1. The van der Waals surface area contributed by atoms with Crippen LogP contribution in [0.15, 0.2) is 35.5 Å². The number of amides is 1. The molecule has 0 spiro atoms. The van der Waals surface area contributed by atoms with Crippen molar-refractivity contribution in [2.24, 2.45) is 0 Å². The molecule has 1 atom stereocenters. The number of para-hydroxylation sites is 1. The van der Waals surface area contributed by atoms with Gasteiger partial charge < -0.3 is 9.47 Å². The third-order valence-corrected chi connectivity index (χ3v) is 8.65. The lowest BCUT2D eigenvalue weighted by Crippen LogP contribution is -2.42. The Labute approximate surface area is 182 Å². The van der Waals surface area contributed by atoms with Crippen LogP contribution in [0, 0.1) is 6.92 Å². The summed E-state index contributed by atoms with van der Waals surface area (Å²) >= 11 is 1.40. The first-order valence-electron chi connectivity index (χ1n) is 10.6. The number of benzene rings is 1. The zero-order valence-corrected chi connectivity index (χ0v) is 18.9. The van der Waals surface area contributed by atoms with E-state index in [-0.39, 0.29) is 29.2 Å². The first-order chi connectivity index (χ1) is 14.4. The van der Waals surface area contributed by atoms with Crippen molar-refractivity contribution in [3.63, 3.8) is 0 Å². The van der Waals surface area contributed by atoms with Crippen LogP contribution in [0.4, 0.5) is 5.69 Å². The molecule has 1 aromatic heterocycles. The van der Waals surface area contributed by atoms with Crippen LogP contribution < -0.4 is 4.90 Å². The van der Waals surface area contributed by atoms with Crippen LogP contribution in [-0.2, 0) is 14.6 Å². The number of aryl methyl sites for hydroxylation is 1. The van der Waals surface area contributed by atoms with Gasteiger partial charge in [0, 0.05) is 11.7 Å². The predicted octanol–water partition coefficient (Wildman–Crippen LogP) is 3.40. The molecule has 4 rings (SSSR count). The summed E-state index contributed by atoms with van der Waals surface area (Å²) in [6.45, 7) is 1.97. The van der Waals surface area contributed by atoms with Gasteiger partial charge in [0.1, 0.15) is 5.82 Å². The van der Waals surface area contributed by atoms with Crippen molar-refractivity contribution < 1.29 is 13.2 Å². The minimum atomic E-state index is -3.09. The Balaban J connectivity index is 1.51. The van der Waals surface area contributed by atoms with Crippen LogP contribution >= 0.6 is 11.8 Å². The van der Waals surface area contributed by atoms with E-state index >= 15 is 0 Å². The molecule has 30 heavy (non-hydrogen) atoms. The monoisotopic (exact) mass is 448 g/mol. The number of thioether (sulfide) groups is 1. The van der Waals surface area contributed by atoms with Crippen LogP contribution in [-0.4, -0.2) is 52.4 Å². The van der Waals surface area contributed by atoms with Crippen LogP contribution in [0.2, 0.25) is 0 Å². The molecule has 0 bridgehead atoms. The molecule has 2 heterocycles. The van der Waals surface area contributed by atoms with E-state index in [0.29, 0.717) is 12.5 Å². The molecule has 1 aliphatic carbocycles. The summed E-state index contributed by atoms with van der Waals surface area (Å²) in [7, 11) is -3.09. The second-order valence-corrected chi connectivity index (χ2v) is 11.3. The summed E-state index contributed by atoms with van der Waals surface area (Å²) in [5.41, 5.74) is 0.745. The molecule has 1 aromatic carbocycles. The number of rotatable bonds is 6. The summed E-state index contributed by atoms with van der Waals surface area (Å²) in [5.74, 6) is 1.16. The lowest BCUT2D eigenvalue weighted by atomic mass is 9.95. The molecule has 0 radical (unpaired) electrons. The summed E-state index contributed by atoms with van der Waals surface area (Å²) < 4.78 is 26.3. The highest BCUT2D eigenvalue weighted by Crippen LogP contribution is 2.33. The van der Waals surface area contributed by atoms with Crippen molar-refractivity contribution in [2.75, 3.05) is 22.2 Å². The number of hydrogen-bond donors (Lipinski definition) is 0. The summed E-state index contributed by atoms with van der Waals surface area (Å²) in [5, 5.41) is 9.36. The first kappa shape index (κ1) is 21.4. The maximum atomic E-state index is 13.3. The fraction of sp³-hybridized carbons (Fsp3) is 0.571. The quantitative estimate of drug-likeness (QED) is 0.630. The Morgan fingerprint density at radius 2 is 1.87 bits per heavy atom.